The van der Waals surface area contributed by atoms with Crippen molar-refractivity contribution >= 4 is 11.8 Å². The van der Waals surface area contributed by atoms with Gasteiger partial charge in [0, 0.05) is 50.7 Å². The number of Topliss-reactive ketones (excluding diaryl/α,β-unsaturated/α-hetero) is 1. The Morgan fingerprint density at radius 3 is 2.31 bits per heavy atom. The molecular weight excluding hydrogens is 538 g/mol. The number of rotatable bonds is 7. The average Bonchev–Trinajstić information content (AvgIpc) is 2.89. The van der Waals surface area contributed by atoms with Crippen molar-refractivity contribution in [1.29, 1.82) is 0 Å². The molecule has 0 aliphatic carbocycles. The van der Waals surface area contributed by atoms with Gasteiger partial charge in [0.15, 0.2) is 12.1 Å². The molecule has 244 valence electrons. The van der Waals surface area contributed by atoms with E-state index in [1.54, 1.807) is 27.9 Å². The van der Waals surface area contributed by atoms with E-state index in [4.69, 9.17) is 18.9 Å². The number of ketones is 1. The summed E-state index contributed by atoms with van der Waals surface area (Å²) in [6.45, 7) is 17.4. The van der Waals surface area contributed by atoms with E-state index >= 15 is 0 Å². The first-order valence-electron chi connectivity index (χ1n) is 15.9. The molecule has 0 spiro atoms. The molecule has 3 rings (SSSR count). The molecule has 1 N–H and O–H groups in total. The van der Waals surface area contributed by atoms with Crippen LogP contribution in [0.5, 0.6) is 0 Å². The van der Waals surface area contributed by atoms with Crippen molar-refractivity contribution in [3.63, 3.8) is 0 Å². The molecule has 3 fully saturated rings. The summed E-state index contributed by atoms with van der Waals surface area (Å²) in [6.07, 6.45) is -0.404. The van der Waals surface area contributed by atoms with Crippen molar-refractivity contribution in [3.05, 3.63) is 0 Å². The number of methoxy groups -OCH3 is 1. The fourth-order valence-corrected chi connectivity index (χ4v) is 7.41. The van der Waals surface area contributed by atoms with E-state index in [-0.39, 0.29) is 36.5 Å². The Hall–Kier alpha value is -1.14. The van der Waals surface area contributed by atoms with E-state index in [9.17, 15) is 14.7 Å². The van der Waals surface area contributed by atoms with Crippen LogP contribution in [-0.2, 0) is 28.5 Å². The second kappa shape index (κ2) is 14.3. The summed E-state index contributed by atoms with van der Waals surface area (Å²) < 4.78 is 24.9. The number of hydrogen-bond donors (Lipinski definition) is 1. The van der Waals surface area contributed by atoms with Crippen molar-refractivity contribution in [1.82, 2.24) is 14.7 Å². The smallest absolute Gasteiger partial charge is 0.319 e. The molecule has 42 heavy (non-hydrogen) atoms. The number of cyclic esters (lactones) is 1. The number of aliphatic hydroxyl groups excluding tert-OH is 1. The standard InChI is InChI=1S/C32H59N3O7/c1-12-13-35-17-23(18-35)25-19-40-30(38)31(5,6)27(37)22(4)28(32(7,39-11)15-20(2)16-34(25)10)42-29-26(36)24(33(8)9)14-21(3)41-29/h20-26,28-29,36H,12-19H2,1-11H3/t20-,21-,22+,24+,25-,26-,28-,29+,32-/m1/s1. The Labute approximate surface area is 254 Å². The molecule has 0 unspecified atom stereocenters. The maximum atomic E-state index is 14.1. The van der Waals surface area contributed by atoms with Gasteiger partial charge in [-0.25, -0.2) is 0 Å². The molecule has 10 nitrogen and oxygen atoms in total. The second-order valence-electron chi connectivity index (χ2n) is 14.4. The molecule has 0 aromatic heterocycles. The lowest BCUT2D eigenvalue weighted by Crippen LogP contribution is -2.59. The predicted octanol–water partition coefficient (Wildman–Crippen LogP) is 2.66. The van der Waals surface area contributed by atoms with Crippen LogP contribution >= 0.6 is 0 Å². The van der Waals surface area contributed by atoms with Gasteiger partial charge in [-0.2, -0.15) is 0 Å². The first-order chi connectivity index (χ1) is 19.5. The van der Waals surface area contributed by atoms with Crippen molar-refractivity contribution in [2.45, 2.75) is 110 Å². The molecule has 3 saturated heterocycles. The molecule has 9 atom stereocenters. The van der Waals surface area contributed by atoms with E-state index in [1.165, 1.54) is 0 Å². The van der Waals surface area contributed by atoms with E-state index in [0.29, 0.717) is 18.8 Å². The zero-order valence-electron chi connectivity index (χ0n) is 28.1. The molecule has 0 amide bonds. The van der Waals surface area contributed by atoms with Crippen LogP contribution in [0.2, 0.25) is 0 Å². The summed E-state index contributed by atoms with van der Waals surface area (Å²) in [6, 6.07) is -0.103. The van der Waals surface area contributed by atoms with Crippen molar-refractivity contribution in [2.75, 3.05) is 61.0 Å². The Bertz CT molecular complexity index is 911. The number of esters is 1. The Morgan fingerprint density at radius 2 is 1.74 bits per heavy atom. The number of carbonyl (C=O) groups excluding carboxylic acids is 2. The SMILES string of the molecule is CCCN1CC([C@H]2COC(=O)C(C)(C)C(=O)[C@H](C)[C@@H](O[C@@H]3O[C@H](C)C[C@H](N(C)C)[C@H]3O)[C@](C)(OC)C[C@@H](C)CN2C)C1. The van der Waals surface area contributed by atoms with Gasteiger partial charge >= 0.3 is 5.97 Å². The highest BCUT2D eigenvalue weighted by atomic mass is 16.7. The molecular formula is C32H59N3O7. The summed E-state index contributed by atoms with van der Waals surface area (Å²) in [4.78, 5) is 34.4. The molecule has 0 aromatic carbocycles. The van der Waals surface area contributed by atoms with Crippen molar-refractivity contribution in [3.8, 4) is 0 Å². The van der Waals surface area contributed by atoms with Gasteiger partial charge in [0.2, 0.25) is 0 Å². The Morgan fingerprint density at radius 1 is 1.10 bits per heavy atom. The van der Waals surface area contributed by atoms with Gasteiger partial charge in [-0.1, -0.05) is 20.8 Å². The van der Waals surface area contributed by atoms with Crippen LogP contribution in [0.1, 0.15) is 67.7 Å². The van der Waals surface area contributed by atoms with Gasteiger partial charge in [-0.3, -0.25) is 14.5 Å². The van der Waals surface area contributed by atoms with Gasteiger partial charge in [0.1, 0.15) is 18.1 Å². The highest BCUT2D eigenvalue weighted by Crippen LogP contribution is 2.38. The summed E-state index contributed by atoms with van der Waals surface area (Å²) in [5, 5.41) is 11.3. The van der Waals surface area contributed by atoms with Crippen LogP contribution in [0.3, 0.4) is 0 Å². The zero-order chi connectivity index (χ0) is 31.6. The number of aliphatic hydroxyl groups is 1. The minimum Gasteiger partial charge on any atom is -0.463 e. The maximum Gasteiger partial charge on any atom is 0.319 e. The lowest BCUT2D eigenvalue weighted by atomic mass is 9.74. The molecule has 0 saturated carbocycles. The van der Waals surface area contributed by atoms with Gasteiger partial charge in [0.05, 0.1) is 17.8 Å². The lowest BCUT2D eigenvalue weighted by Gasteiger charge is -2.47. The van der Waals surface area contributed by atoms with Crippen LogP contribution in [0.15, 0.2) is 0 Å². The van der Waals surface area contributed by atoms with Crippen LogP contribution in [0.4, 0.5) is 0 Å². The van der Waals surface area contributed by atoms with Gasteiger partial charge in [-0.05, 0) is 80.6 Å². The molecule has 3 heterocycles. The van der Waals surface area contributed by atoms with Gasteiger partial charge in [-0.15, -0.1) is 0 Å². The first kappa shape index (κ1) is 35.3. The third kappa shape index (κ3) is 7.73. The summed E-state index contributed by atoms with van der Waals surface area (Å²) in [5.74, 6) is -0.969. The second-order valence-corrected chi connectivity index (χ2v) is 14.4. The van der Waals surface area contributed by atoms with E-state index in [0.717, 1.165) is 32.6 Å². The zero-order valence-corrected chi connectivity index (χ0v) is 28.1. The van der Waals surface area contributed by atoms with Crippen molar-refractivity contribution < 1.29 is 33.6 Å². The average molecular weight is 598 g/mol. The molecule has 3 aliphatic rings. The molecule has 0 bridgehead atoms. The third-order valence-corrected chi connectivity index (χ3v) is 9.99. The van der Waals surface area contributed by atoms with E-state index in [1.807, 2.05) is 32.8 Å². The Kier molecular flexibility index (Phi) is 12.0. The van der Waals surface area contributed by atoms with Gasteiger partial charge in [0.25, 0.3) is 0 Å². The summed E-state index contributed by atoms with van der Waals surface area (Å²) >= 11 is 0. The molecule has 3 aliphatic heterocycles. The third-order valence-electron chi connectivity index (χ3n) is 9.99. The molecule has 0 aromatic rings. The van der Waals surface area contributed by atoms with Crippen LogP contribution in [0, 0.1) is 23.2 Å². The van der Waals surface area contributed by atoms with Crippen molar-refractivity contribution in [2.24, 2.45) is 23.2 Å². The fourth-order valence-electron chi connectivity index (χ4n) is 7.41. The topological polar surface area (TPSA) is 101 Å². The minimum atomic E-state index is -1.39. The number of nitrogens with zero attached hydrogens (tertiary/aromatic N) is 3. The normalized spacial score (nSPS) is 40.1. The fraction of sp³-hybridized carbons (Fsp3) is 0.938. The highest BCUT2D eigenvalue weighted by molar-refractivity contribution is 6.04. The van der Waals surface area contributed by atoms with E-state index < -0.39 is 41.4 Å². The monoisotopic (exact) mass is 597 g/mol. The predicted molar refractivity (Wildman–Crippen MR) is 162 cm³/mol. The Balaban J connectivity index is 1.95. The van der Waals surface area contributed by atoms with Crippen LogP contribution in [-0.4, -0.2) is 135 Å². The number of likely N-dealkylation sites (N-methyl/N-ethyl adjacent to an activating group) is 2. The van der Waals surface area contributed by atoms with Crippen LogP contribution in [0.25, 0.3) is 0 Å². The maximum absolute atomic E-state index is 14.1. The van der Waals surface area contributed by atoms with E-state index in [2.05, 4.69) is 30.7 Å². The quantitative estimate of drug-likeness (QED) is 0.348. The number of hydrogen-bond acceptors (Lipinski definition) is 10. The number of ether oxygens (including phenoxy) is 4. The summed E-state index contributed by atoms with van der Waals surface area (Å²) in [5.41, 5.74) is -2.29. The molecule has 0 radical (unpaired) electrons. The highest BCUT2D eigenvalue weighted by Gasteiger charge is 2.51. The number of likely N-dealkylation sites (tertiary alicyclic amines) is 1. The largest absolute Gasteiger partial charge is 0.463 e. The first-order valence-corrected chi connectivity index (χ1v) is 15.9. The van der Waals surface area contributed by atoms with Crippen LogP contribution < -0.4 is 0 Å². The lowest BCUT2D eigenvalue weighted by molar-refractivity contribution is -0.295. The molecule has 10 heteroatoms. The van der Waals surface area contributed by atoms with Gasteiger partial charge < -0.3 is 33.9 Å². The number of carbonyl (C=O) groups is 2. The minimum absolute atomic E-state index is 0.0599. The summed E-state index contributed by atoms with van der Waals surface area (Å²) in [7, 11) is 7.60.